The van der Waals surface area contributed by atoms with Crippen molar-refractivity contribution in [3.8, 4) is 10.6 Å². The molecular formula is C11H7Cl2NO2S. The lowest BCUT2D eigenvalue weighted by Crippen LogP contribution is -1.96. The summed E-state index contributed by atoms with van der Waals surface area (Å²) in [6.07, 6.45) is 1.46. The Morgan fingerprint density at radius 1 is 1.41 bits per heavy atom. The lowest BCUT2D eigenvalue weighted by Gasteiger charge is -2.00. The molecule has 6 heteroatoms. The summed E-state index contributed by atoms with van der Waals surface area (Å²) in [5.74, 6) is -0.410. The molecule has 0 aliphatic rings. The monoisotopic (exact) mass is 287 g/mol. The van der Waals surface area contributed by atoms with Gasteiger partial charge in [0.1, 0.15) is 9.88 Å². The van der Waals surface area contributed by atoms with E-state index in [9.17, 15) is 4.79 Å². The molecule has 1 aromatic heterocycles. The zero-order valence-corrected chi connectivity index (χ0v) is 11.1. The number of hydrogen-bond donors (Lipinski definition) is 0. The van der Waals surface area contributed by atoms with Gasteiger partial charge in [0.25, 0.3) is 0 Å². The molecule has 1 aromatic carbocycles. The molecule has 2 aromatic rings. The first kappa shape index (κ1) is 12.4. The topological polar surface area (TPSA) is 39.2 Å². The number of esters is 1. The average Bonchev–Trinajstić information content (AvgIpc) is 2.80. The highest BCUT2D eigenvalue weighted by atomic mass is 35.5. The zero-order chi connectivity index (χ0) is 12.4. The second-order valence-corrected chi connectivity index (χ2v) is 5.02. The molecule has 1 heterocycles. The van der Waals surface area contributed by atoms with E-state index >= 15 is 0 Å². The number of aromatic nitrogens is 1. The van der Waals surface area contributed by atoms with E-state index in [-0.39, 0.29) is 0 Å². The number of thiazole rings is 1. The molecule has 88 valence electrons. The van der Waals surface area contributed by atoms with Gasteiger partial charge in [0.2, 0.25) is 0 Å². The first-order valence-electron chi connectivity index (χ1n) is 4.61. The van der Waals surface area contributed by atoms with Crippen LogP contribution in [0.5, 0.6) is 0 Å². The highest BCUT2D eigenvalue weighted by Crippen LogP contribution is 2.33. The predicted molar refractivity (Wildman–Crippen MR) is 68.9 cm³/mol. The molecule has 0 amide bonds. The van der Waals surface area contributed by atoms with Gasteiger partial charge in [-0.05, 0) is 18.2 Å². The Morgan fingerprint density at radius 3 is 2.88 bits per heavy atom. The fourth-order valence-corrected chi connectivity index (χ4v) is 2.55. The van der Waals surface area contributed by atoms with Crippen LogP contribution in [0.1, 0.15) is 9.67 Å². The Balaban J connectivity index is 2.43. The van der Waals surface area contributed by atoms with Crippen molar-refractivity contribution in [3.63, 3.8) is 0 Å². The van der Waals surface area contributed by atoms with Gasteiger partial charge in [-0.2, -0.15) is 0 Å². The number of halogens is 2. The van der Waals surface area contributed by atoms with Gasteiger partial charge in [0, 0.05) is 10.6 Å². The zero-order valence-electron chi connectivity index (χ0n) is 8.74. The number of carbonyl (C=O) groups excluding carboxylic acids is 1. The molecule has 0 saturated carbocycles. The molecule has 0 bridgehead atoms. The van der Waals surface area contributed by atoms with Gasteiger partial charge in [-0.3, -0.25) is 0 Å². The predicted octanol–water partition coefficient (Wildman–Crippen LogP) is 3.90. The van der Waals surface area contributed by atoms with Crippen LogP contribution in [0.4, 0.5) is 0 Å². The van der Waals surface area contributed by atoms with Crippen molar-refractivity contribution in [2.45, 2.75) is 0 Å². The van der Waals surface area contributed by atoms with Crippen molar-refractivity contribution in [2.75, 3.05) is 7.11 Å². The van der Waals surface area contributed by atoms with Crippen LogP contribution >= 0.6 is 34.5 Å². The summed E-state index contributed by atoms with van der Waals surface area (Å²) in [6, 6.07) is 5.10. The Labute approximate surface area is 112 Å². The maximum atomic E-state index is 11.3. The van der Waals surface area contributed by atoms with Gasteiger partial charge < -0.3 is 4.74 Å². The Kier molecular flexibility index (Phi) is 3.66. The summed E-state index contributed by atoms with van der Waals surface area (Å²) in [4.78, 5) is 15.9. The molecular weight excluding hydrogens is 281 g/mol. The number of benzene rings is 1. The number of rotatable bonds is 2. The molecule has 0 radical (unpaired) electrons. The van der Waals surface area contributed by atoms with Crippen LogP contribution in [0, 0.1) is 0 Å². The van der Waals surface area contributed by atoms with Gasteiger partial charge in [-0.25, -0.2) is 9.78 Å². The summed E-state index contributed by atoms with van der Waals surface area (Å²) in [6.45, 7) is 0. The Hall–Kier alpha value is -1.10. The van der Waals surface area contributed by atoms with E-state index in [0.29, 0.717) is 25.5 Å². The fourth-order valence-electron chi connectivity index (χ4n) is 1.25. The third-order valence-corrected chi connectivity index (χ3v) is 3.63. The standard InChI is InChI=1S/C11H7Cl2NO2S/c1-16-11(15)9-5-14-10(17-9)7-4-6(12)2-3-8(7)13/h2-5H,1H3. The van der Waals surface area contributed by atoms with E-state index in [1.54, 1.807) is 18.2 Å². The normalized spacial score (nSPS) is 10.3. The largest absolute Gasteiger partial charge is 0.465 e. The maximum Gasteiger partial charge on any atom is 0.349 e. The summed E-state index contributed by atoms with van der Waals surface area (Å²) < 4.78 is 4.61. The van der Waals surface area contributed by atoms with Gasteiger partial charge >= 0.3 is 5.97 Å². The molecule has 0 fully saturated rings. The Bertz CT molecular complexity index is 568. The molecule has 0 aliphatic heterocycles. The quantitative estimate of drug-likeness (QED) is 0.787. The highest BCUT2D eigenvalue weighted by molar-refractivity contribution is 7.16. The SMILES string of the molecule is COC(=O)c1cnc(-c2cc(Cl)ccc2Cl)s1. The maximum absolute atomic E-state index is 11.3. The molecule has 0 saturated heterocycles. The lowest BCUT2D eigenvalue weighted by molar-refractivity contribution is 0.0606. The smallest absolute Gasteiger partial charge is 0.349 e. The molecule has 0 atom stereocenters. The molecule has 0 N–H and O–H groups in total. The van der Waals surface area contributed by atoms with Crippen LogP contribution in [-0.2, 0) is 4.74 Å². The van der Waals surface area contributed by atoms with Crippen LogP contribution in [0.3, 0.4) is 0 Å². The molecule has 2 rings (SSSR count). The van der Waals surface area contributed by atoms with Gasteiger partial charge in [-0.1, -0.05) is 23.2 Å². The number of carbonyl (C=O) groups is 1. The van der Waals surface area contributed by atoms with Crippen molar-refractivity contribution < 1.29 is 9.53 Å². The minimum atomic E-state index is -0.410. The van der Waals surface area contributed by atoms with E-state index < -0.39 is 5.97 Å². The molecule has 0 aliphatic carbocycles. The number of hydrogen-bond acceptors (Lipinski definition) is 4. The average molecular weight is 288 g/mol. The summed E-state index contributed by atoms with van der Waals surface area (Å²) >= 11 is 13.1. The molecule has 3 nitrogen and oxygen atoms in total. The van der Waals surface area contributed by atoms with Crippen LogP contribution < -0.4 is 0 Å². The van der Waals surface area contributed by atoms with E-state index in [2.05, 4.69) is 9.72 Å². The van der Waals surface area contributed by atoms with Crippen molar-refractivity contribution >= 4 is 40.5 Å². The van der Waals surface area contributed by atoms with Gasteiger partial charge in [-0.15, -0.1) is 11.3 Å². The fraction of sp³-hybridized carbons (Fsp3) is 0.0909. The van der Waals surface area contributed by atoms with Crippen LogP contribution in [-0.4, -0.2) is 18.1 Å². The minimum Gasteiger partial charge on any atom is -0.465 e. The third kappa shape index (κ3) is 2.60. The summed E-state index contributed by atoms with van der Waals surface area (Å²) in [5.41, 5.74) is 0.708. The molecule has 0 unspecified atom stereocenters. The lowest BCUT2D eigenvalue weighted by atomic mass is 10.2. The van der Waals surface area contributed by atoms with E-state index in [1.165, 1.54) is 24.6 Å². The van der Waals surface area contributed by atoms with E-state index in [0.717, 1.165) is 0 Å². The summed E-state index contributed by atoms with van der Waals surface area (Å²) in [5, 5.41) is 1.75. The number of methoxy groups -OCH3 is 1. The number of nitrogens with zero attached hydrogens (tertiary/aromatic N) is 1. The van der Waals surface area contributed by atoms with Crippen molar-refractivity contribution in [3.05, 3.63) is 39.3 Å². The first-order chi connectivity index (χ1) is 8.11. The van der Waals surface area contributed by atoms with Crippen LogP contribution in [0.2, 0.25) is 10.0 Å². The second kappa shape index (κ2) is 5.04. The van der Waals surface area contributed by atoms with Crippen molar-refractivity contribution in [1.29, 1.82) is 0 Å². The van der Waals surface area contributed by atoms with Gasteiger partial charge in [0.05, 0.1) is 18.3 Å². The second-order valence-electron chi connectivity index (χ2n) is 3.15. The summed E-state index contributed by atoms with van der Waals surface area (Å²) in [7, 11) is 1.33. The minimum absolute atomic E-state index is 0.410. The van der Waals surface area contributed by atoms with Crippen molar-refractivity contribution in [2.24, 2.45) is 0 Å². The third-order valence-electron chi connectivity index (χ3n) is 2.05. The van der Waals surface area contributed by atoms with Gasteiger partial charge in [0.15, 0.2) is 0 Å². The first-order valence-corrected chi connectivity index (χ1v) is 6.18. The van der Waals surface area contributed by atoms with E-state index in [4.69, 9.17) is 23.2 Å². The number of ether oxygens (including phenoxy) is 1. The highest BCUT2D eigenvalue weighted by Gasteiger charge is 2.13. The van der Waals surface area contributed by atoms with E-state index in [1.807, 2.05) is 0 Å². The van der Waals surface area contributed by atoms with Crippen LogP contribution in [0.25, 0.3) is 10.6 Å². The van der Waals surface area contributed by atoms with Crippen molar-refractivity contribution in [1.82, 2.24) is 4.98 Å². The van der Waals surface area contributed by atoms with Crippen LogP contribution in [0.15, 0.2) is 24.4 Å². The Morgan fingerprint density at radius 2 is 2.18 bits per heavy atom. The molecule has 0 spiro atoms. The molecule has 17 heavy (non-hydrogen) atoms.